The van der Waals surface area contributed by atoms with Crippen LogP contribution in [-0.2, 0) is 15.0 Å². The van der Waals surface area contributed by atoms with E-state index in [1.807, 2.05) is 29.2 Å². The molecule has 0 atom stereocenters. The van der Waals surface area contributed by atoms with Crippen LogP contribution < -0.4 is 5.32 Å². The molecule has 7 heteroatoms. The summed E-state index contributed by atoms with van der Waals surface area (Å²) in [6, 6.07) is 12.1. The lowest BCUT2D eigenvalue weighted by Gasteiger charge is -2.38. The maximum Gasteiger partial charge on any atom is 0.233 e. The maximum absolute atomic E-state index is 13.9. The van der Waals surface area contributed by atoms with Gasteiger partial charge in [-0.1, -0.05) is 25.0 Å². The molecule has 176 valence electrons. The van der Waals surface area contributed by atoms with Gasteiger partial charge in [0, 0.05) is 37.6 Å². The van der Waals surface area contributed by atoms with Crippen molar-refractivity contribution >= 4 is 28.5 Å². The Kier molecular flexibility index (Phi) is 6.26. The summed E-state index contributed by atoms with van der Waals surface area (Å²) in [7, 11) is 0. The molecule has 2 aromatic carbocycles. The van der Waals surface area contributed by atoms with Gasteiger partial charge in [-0.3, -0.25) is 19.6 Å². The molecular formula is C27H29FN4O2. The number of rotatable bonds is 5. The van der Waals surface area contributed by atoms with Crippen LogP contribution in [0.4, 0.5) is 10.1 Å². The Bertz CT molecular complexity index is 1200. The van der Waals surface area contributed by atoms with Crippen LogP contribution >= 0.6 is 0 Å². The van der Waals surface area contributed by atoms with Crippen LogP contribution in [0.2, 0.25) is 0 Å². The van der Waals surface area contributed by atoms with Crippen LogP contribution in [0.25, 0.3) is 11.0 Å². The number of hydrogen-bond acceptors (Lipinski definition) is 4. The molecule has 2 aliphatic rings. The number of aromatic nitrogens is 2. The third-order valence-electron chi connectivity index (χ3n) is 7.37. The first-order chi connectivity index (χ1) is 16.5. The van der Waals surface area contributed by atoms with Gasteiger partial charge in [0.1, 0.15) is 5.82 Å². The molecule has 0 bridgehead atoms. The second-order valence-electron chi connectivity index (χ2n) is 9.55. The molecule has 1 saturated heterocycles. The van der Waals surface area contributed by atoms with E-state index >= 15 is 0 Å². The van der Waals surface area contributed by atoms with Crippen molar-refractivity contribution in [3.05, 3.63) is 66.2 Å². The van der Waals surface area contributed by atoms with Gasteiger partial charge in [-0.05, 0) is 67.5 Å². The molecule has 1 aliphatic heterocycles. The fraction of sp³-hybridized carbons (Fsp3) is 0.407. The van der Waals surface area contributed by atoms with E-state index in [0.717, 1.165) is 55.1 Å². The smallest absolute Gasteiger partial charge is 0.233 e. The number of halogens is 1. The first kappa shape index (κ1) is 22.4. The molecule has 0 radical (unpaired) electrons. The summed E-state index contributed by atoms with van der Waals surface area (Å²) in [6.45, 7) is 1.28. The average Bonchev–Trinajstić information content (AvgIpc) is 3.35. The minimum Gasteiger partial charge on any atom is -0.342 e. The number of benzene rings is 2. The standard InChI is InChI=1S/C27H29FN4O2/c28-21-5-3-4-20(17-21)27(10-1-2-11-27)26(34)32-14-8-19(9-15-32)16-25(33)31-22-6-7-23-24(18-22)30-13-12-29-23/h3-7,12-13,17-19H,1-2,8-11,14-16H2,(H,31,33). The zero-order valence-corrected chi connectivity index (χ0v) is 19.2. The van der Waals surface area contributed by atoms with Crippen LogP contribution in [-0.4, -0.2) is 39.8 Å². The number of hydrogen-bond donors (Lipinski definition) is 1. The summed E-state index contributed by atoms with van der Waals surface area (Å²) in [5, 5.41) is 2.97. The largest absolute Gasteiger partial charge is 0.342 e. The topological polar surface area (TPSA) is 75.2 Å². The Morgan fingerprint density at radius 1 is 1.00 bits per heavy atom. The Balaban J connectivity index is 1.18. The van der Waals surface area contributed by atoms with E-state index in [4.69, 9.17) is 0 Å². The molecule has 1 aromatic heterocycles. The first-order valence-corrected chi connectivity index (χ1v) is 12.1. The lowest BCUT2D eigenvalue weighted by molar-refractivity contribution is -0.138. The van der Waals surface area contributed by atoms with Gasteiger partial charge in [-0.25, -0.2) is 4.39 Å². The second kappa shape index (κ2) is 9.49. The van der Waals surface area contributed by atoms with Crippen molar-refractivity contribution in [3.8, 4) is 0 Å². The van der Waals surface area contributed by atoms with E-state index in [9.17, 15) is 14.0 Å². The number of carbonyl (C=O) groups is 2. The number of amides is 2. The summed E-state index contributed by atoms with van der Waals surface area (Å²) >= 11 is 0. The normalized spacial score (nSPS) is 18.2. The minimum atomic E-state index is -0.606. The number of nitrogens with one attached hydrogen (secondary N) is 1. The van der Waals surface area contributed by atoms with Crippen molar-refractivity contribution in [2.24, 2.45) is 5.92 Å². The molecule has 1 N–H and O–H groups in total. The number of anilines is 1. The Labute approximate surface area is 198 Å². The summed E-state index contributed by atoms with van der Waals surface area (Å²) in [4.78, 5) is 36.7. The van der Waals surface area contributed by atoms with Gasteiger partial charge in [-0.2, -0.15) is 0 Å². The van der Waals surface area contributed by atoms with E-state index in [-0.39, 0.29) is 23.5 Å². The molecule has 0 unspecified atom stereocenters. The quantitative estimate of drug-likeness (QED) is 0.591. The molecule has 1 saturated carbocycles. The van der Waals surface area contributed by atoms with Gasteiger partial charge in [0.05, 0.1) is 16.4 Å². The summed E-state index contributed by atoms with van der Waals surface area (Å²) in [6.07, 6.45) is 8.80. The fourth-order valence-corrected chi connectivity index (χ4v) is 5.55. The van der Waals surface area contributed by atoms with Crippen molar-refractivity contribution in [1.29, 1.82) is 0 Å². The van der Waals surface area contributed by atoms with Crippen LogP contribution in [0.1, 0.15) is 50.5 Å². The third-order valence-corrected chi connectivity index (χ3v) is 7.37. The maximum atomic E-state index is 13.9. The van der Waals surface area contributed by atoms with Crippen LogP contribution in [0.3, 0.4) is 0 Å². The Morgan fingerprint density at radius 3 is 2.47 bits per heavy atom. The average molecular weight is 461 g/mol. The van der Waals surface area contributed by atoms with Crippen LogP contribution in [0.15, 0.2) is 54.9 Å². The highest BCUT2D eigenvalue weighted by atomic mass is 19.1. The molecule has 0 spiro atoms. The summed E-state index contributed by atoms with van der Waals surface area (Å²) < 4.78 is 13.9. The van der Waals surface area contributed by atoms with Crippen molar-refractivity contribution in [2.75, 3.05) is 18.4 Å². The Morgan fingerprint density at radius 2 is 1.74 bits per heavy atom. The summed E-state index contributed by atoms with van der Waals surface area (Å²) in [5.74, 6) is 0.0357. The highest BCUT2D eigenvalue weighted by Gasteiger charge is 2.45. The predicted octanol–water partition coefficient (Wildman–Crippen LogP) is 4.85. The zero-order valence-electron chi connectivity index (χ0n) is 19.2. The van der Waals surface area contributed by atoms with Gasteiger partial charge in [0.15, 0.2) is 0 Å². The summed E-state index contributed by atoms with van der Waals surface area (Å²) in [5.41, 5.74) is 2.44. The van der Waals surface area contributed by atoms with Crippen molar-refractivity contribution in [3.63, 3.8) is 0 Å². The first-order valence-electron chi connectivity index (χ1n) is 12.1. The zero-order chi connectivity index (χ0) is 23.5. The van der Waals surface area contributed by atoms with E-state index < -0.39 is 5.41 Å². The third kappa shape index (κ3) is 4.52. The van der Waals surface area contributed by atoms with Crippen LogP contribution in [0.5, 0.6) is 0 Å². The SMILES string of the molecule is O=C(CC1CCN(C(=O)C2(c3cccc(F)c3)CCCC2)CC1)Nc1ccc2nccnc2c1. The number of fused-ring (bicyclic) bond motifs is 1. The molecule has 2 heterocycles. The van der Waals surface area contributed by atoms with Gasteiger partial charge >= 0.3 is 0 Å². The van der Waals surface area contributed by atoms with Crippen molar-refractivity contribution in [1.82, 2.24) is 14.9 Å². The van der Waals surface area contributed by atoms with Gasteiger partial charge in [0.2, 0.25) is 11.8 Å². The molecule has 34 heavy (non-hydrogen) atoms. The fourth-order valence-electron chi connectivity index (χ4n) is 5.55. The molecule has 6 nitrogen and oxygen atoms in total. The number of carbonyl (C=O) groups excluding carboxylic acids is 2. The highest BCUT2D eigenvalue weighted by Crippen LogP contribution is 2.43. The van der Waals surface area contributed by atoms with Gasteiger partial charge < -0.3 is 10.2 Å². The minimum absolute atomic E-state index is 0.0277. The molecule has 2 amide bonds. The Hall–Kier alpha value is -3.35. The molecular weight excluding hydrogens is 431 g/mol. The monoisotopic (exact) mass is 460 g/mol. The van der Waals surface area contributed by atoms with E-state index in [1.54, 1.807) is 18.5 Å². The van der Waals surface area contributed by atoms with Crippen molar-refractivity contribution < 1.29 is 14.0 Å². The van der Waals surface area contributed by atoms with Gasteiger partial charge in [0.25, 0.3) is 0 Å². The van der Waals surface area contributed by atoms with E-state index in [2.05, 4.69) is 15.3 Å². The van der Waals surface area contributed by atoms with Crippen LogP contribution in [0, 0.1) is 11.7 Å². The number of likely N-dealkylation sites (tertiary alicyclic amines) is 1. The van der Waals surface area contributed by atoms with Crippen molar-refractivity contribution in [2.45, 2.75) is 50.4 Å². The molecule has 2 fully saturated rings. The number of piperidine rings is 1. The lowest BCUT2D eigenvalue weighted by atomic mass is 9.77. The van der Waals surface area contributed by atoms with E-state index in [1.165, 1.54) is 12.1 Å². The van der Waals surface area contributed by atoms with E-state index in [0.29, 0.717) is 25.2 Å². The second-order valence-corrected chi connectivity index (χ2v) is 9.55. The lowest BCUT2D eigenvalue weighted by Crippen LogP contribution is -2.48. The number of nitrogens with zero attached hydrogens (tertiary/aromatic N) is 3. The molecule has 5 rings (SSSR count). The molecule has 3 aromatic rings. The predicted molar refractivity (Wildman–Crippen MR) is 129 cm³/mol. The molecule has 1 aliphatic carbocycles. The highest BCUT2D eigenvalue weighted by molar-refractivity contribution is 5.93. The van der Waals surface area contributed by atoms with Gasteiger partial charge in [-0.15, -0.1) is 0 Å².